The van der Waals surface area contributed by atoms with Crippen molar-refractivity contribution in [3.05, 3.63) is 18.0 Å². The van der Waals surface area contributed by atoms with Crippen LogP contribution in [-0.4, -0.2) is 16.0 Å². The van der Waals surface area contributed by atoms with Crippen LogP contribution in [0.15, 0.2) is 12.3 Å². The predicted octanol–water partition coefficient (Wildman–Crippen LogP) is 3.49. The summed E-state index contributed by atoms with van der Waals surface area (Å²) < 4.78 is 37.5. The summed E-state index contributed by atoms with van der Waals surface area (Å²) in [7, 11) is 0. The van der Waals surface area contributed by atoms with Gasteiger partial charge in [0.1, 0.15) is 5.69 Å². The van der Waals surface area contributed by atoms with E-state index in [-0.39, 0.29) is 12.0 Å². The van der Waals surface area contributed by atoms with E-state index in [4.69, 9.17) is 0 Å². The van der Waals surface area contributed by atoms with Crippen LogP contribution in [0.1, 0.15) is 38.3 Å². The molecule has 1 unspecified atom stereocenters. The highest BCUT2D eigenvalue weighted by atomic mass is 19.4. The van der Waals surface area contributed by atoms with Crippen molar-refractivity contribution in [3.8, 4) is 0 Å². The molecule has 0 aromatic carbocycles. The van der Waals surface area contributed by atoms with Gasteiger partial charge in [-0.05, 0) is 31.7 Å². The molecule has 0 saturated heterocycles. The van der Waals surface area contributed by atoms with E-state index < -0.39 is 11.9 Å². The highest BCUT2D eigenvalue weighted by Crippen LogP contribution is 2.30. The van der Waals surface area contributed by atoms with Gasteiger partial charge in [-0.25, -0.2) is 9.97 Å². The fraction of sp³-hybridized carbons (Fsp3) is 0.667. The molecule has 6 heteroatoms. The van der Waals surface area contributed by atoms with Crippen molar-refractivity contribution in [2.75, 3.05) is 5.32 Å². The number of nitrogens with one attached hydrogen (secondary N) is 1. The lowest BCUT2D eigenvalue weighted by Crippen LogP contribution is -2.25. The molecule has 1 aromatic heterocycles. The highest BCUT2D eigenvalue weighted by Gasteiger charge is 2.33. The van der Waals surface area contributed by atoms with Gasteiger partial charge in [0.25, 0.3) is 0 Å². The Kier molecular flexibility index (Phi) is 3.73. The van der Waals surface area contributed by atoms with Crippen LogP contribution in [0.3, 0.4) is 0 Å². The molecule has 0 amide bonds. The predicted molar refractivity (Wildman–Crippen MR) is 62.1 cm³/mol. The van der Waals surface area contributed by atoms with E-state index in [2.05, 4.69) is 15.3 Å². The van der Waals surface area contributed by atoms with Crippen LogP contribution in [-0.2, 0) is 6.18 Å². The summed E-state index contributed by atoms with van der Waals surface area (Å²) in [4.78, 5) is 7.35. The minimum atomic E-state index is -4.42. The van der Waals surface area contributed by atoms with Crippen molar-refractivity contribution in [2.24, 2.45) is 5.92 Å². The van der Waals surface area contributed by atoms with E-state index in [0.717, 1.165) is 25.1 Å². The number of anilines is 1. The fourth-order valence-corrected chi connectivity index (χ4v) is 2.36. The maximum atomic E-state index is 12.5. The molecule has 100 valence electrons. The van der Waals surface area contributed by atoms with Gasteiger partial charge in [0, 0.05) is 12.2 Å². The molecule has 1 heterocycles. The van der Waals surface area contributed by atoms with Gasteiger partial charge in [-0.15, -0.1) is 0 Å². The van der Waals surface area contributed by atoms with Gasteiger partial charge < -0.3 is 5.32 Å². The molecule has 0 radical (unpaired) electrons. The molecule has 18 heavy (non-hydrogen) atoms. The minimum absolute atomic E-state index is 0.0595. The second-order valence-corrected chi connectivity index (χ2v) is 4.74. The van der Waals surface area contributed by atoms with Crippen LogP contribution in [0.2, 0.25) is 0 Å². The summed E-state index contributed by atoms with van der Waals surface area (Å²) in [6.45, 7) is 1.97. The van der Waals surface area contributed by atoms with Crippen LogP contribution < -0.4 is 5.32 Å². The molecule has 1 aromatic rings. The monoisotopic (exact) mass is 259 g/mol. The molecule has 0 bridgehead atoms. The van der Waals surface area contributed by atoms with Crippen LogP contribution in [0.25, 0.3) is 0 Å². The van der Waals surface area contributed by atoms with Crippen molar-refractivity contribution in [2.45, 2.75) is 44.8 Å². The average molecular weight is 259 g/mol. The Morgan fingerprint density at radius 3 is 2.61 bits per heavy atom. The van der Waals surface area contributed by atoms with E-state index in [1.54, 1.807) is 0 Å². The number of hydrogen-bond acceptors (Lipinski definition) is 3. The van der Waals surface area contributed by atoms with E-state index in [0.29, 0.717) is 5.92 Å². The Balaban J connectivity index is 2.04. The lowest BCUT2D eigenvalue weighted by atomic mass is 10.0. The van der Waals surface area contributed by atoms with Gasteiger partial charge in [-0.1, -0.05) is 12.8 Å². The number of rotatable bonds is 3. The number of hydrogen-bond donors (Lipinski definition) is 1. The molecule has 1 fully saturated rings. The normalized spacial score (nSPS) is 18.9. The first-order valence-electron chi connectivity index (χ1n) is 6.13. The standard InChI is InChI=1S/C12H16F3N3/c1-8(9-4-2-3-5-9)17-11-16-7-6-10(18-11)12(13,14)15/h6-9H,2-5H2,1H3,(H,16,17,18). The molecule has 1 saturated carbocycles. The second-order valence-electron chi connectivity index (χ2n) is 4.74. The summed E-state index contributed by atoms with van der Waals surface area (Å²) in [5.41, 5.74) is -0.904. The molecule has 0 spiro atoms. The molecule has 3 nitrogen and oxygen atoms in total. The molecular formula is C12H16F3N3. The summed E-state index contributed by atoms with van der Waals surface area (Å²) in [6.07, 6.45) is 1.34. The largest absolute Gasteiger partial charge is 0.433 e. The zero-order valence-corrected chi connectivity index (χ0v) is 10.2. The zero-order chi connectivity index (χ0) is 13.2. The average Bonchev–Trinajstić information content (AvgIpc) is 2.81. The van der Waals surface area contributed by atoms with E-state index in [1.807, 2.05) is 6.92 Å². The molecule has 1 atom stereocenters. The lowest BCUT2D eigenvalue weighted by molar-refractivity contribution is -0.141. The Bertz CT molecular complexity index is 400. The second kappa shape index (κ2) is 5.12. The van der Waals surface area contributed by atoms with Crippen molar-refractivity contribution in [1.29, 1.82) is 0 Å². The maximum Gasteiger partial charge on any atom is 0.433 e. The van der Waals surface area contributed by atoms with Crippen LogP contribution in [0.4, 0.5) is 19.1 Å². The fourth-order valence-electron chi connectivity index (χ4n) is 2.36. The van der Waals surface area contributed by atoms with Crippen LogP contribution in [0, 0.1) is 5.92 Å². The number of aromatic nitrogens is 2. The Labute approximate surface area is 104 Å². The van der Waals surface area contributed by atoms with Crippen molar-refractivity contribution in [3.63, 3.8) is 0 Å². The van der Waals surface area contributed by atoms with Gasteiger partial charge >= 0.3 is 6.18 Å². The van der Waals surface area contributed by atoms with Gasteiger partial charge in [-0.2, -0.15) is 13.2 Å². The summed E-state index contributed by atoms with van der Waals surface area (Å²) in [5, 5.41) is 2.97. The molecule has 2 rings (SSSR count). The van der Waals surface area contributed by atoms with Gasteiger partial charge in [0.15, 0.2) is 0 Å². The summed E-state index contributed by atoms with van der Waals surface area (Å²) in [5.74, 6) is 0.562. The molecular weight excluding hydrogens is 243 g/mol. The zero-order valence-electron chi connectivity index (χ0n) is 10.2. The van der Waals surface area contributed by atoms with Crippen LogP contribution in [0.5, 0.6) is 0 Å². The van der Waals surface area contributed by atoms with Crippen molar-refractivity contribution >= 4 is 5.95 Å². The maximum absolute atomic E-state index is 12.5. The Morgan fingerprint density at radius 2 is 2.00 bits per heavy atom. The van der Waals surface area contributed by atoms with Gasteiger partial charge in [-0.3, -0.25) is 0 Å². The number of nitrogens with zero attached hydrogens (tertiary/aromatic N) is 2. The third-order valence-corrected chi connectivity index (χ3v) is 3.41. The first kappa shape index (κ1) is 13.1. The Morgan fingerprint density at radius 1 is 1.33 bits per heavy atom. The third-order valence-electron chi connectivity index (χ3n) is 3.41. The topological polar surface area (TPSA) is 37.8 Å². The van der Waals surface area contributed by atoms with Crippen molar-refractivity contribution in [1.82, 2.24) is 9.97 Å². The Hall–Kier alpha value is -1.33. The van der Waals surface area contributed by atoms with E-state index in [9.17, 15) is 13.2 Å². The summed E-state index contributed by atoms with van der Waals surface area (Å²) >= 11 is 0. The number of alkyl halides is 3. The quantitative estimate of drug-likeness (QED) is 0.903. The van der Waals surface area contributed by atoms with Gasteiger partial charge in [0.2, 0.25) is 5.95 Å². The molecule has 1 aliphatic rings. The first-order chi connectivity index (χ1) is 8.47. The molecule has 0 aliphatic heterocycles. The molecule has 1 N–H and O–H groups in total. The number of halogens is 3. The van der Waals surface area contributed by atoms with Gasteiger partial charge in [0.05, 0.1) is 0 Å². The smallest absolute Gasteiger partial charge is 0.351 e. The first-order valence-corrected chi connectivity index (χ1v) is 6.13. The highest BCUT2D eigenvalue weighted by molar-refractivity contribution is 5.27. The lowest BCUT2D eigenvalue weighted by Gasteiger charge is -2.20. The van der Waals surface area contributed by atoms with E-state index in [1.165, 1.54) is 12.8 Å². The molecule has 1 aliphatic carbocycles. The third kappa shape index (κ3) is 3.11. The van der Waals surface area contributed by atoms with Crippen LogP contribution >= 0.6 is 0 Å². The summed E-state index contributed by atoms with van der Waals surface area (Å²) in [6, 6.07) is 0.988. The van der Waals surface area contributed by atoms with E-state index >= 15 is 0 Å². The minimum Gasteiger partial charge on any atom is -0.351 e. The SMILES string of the molecule is CC(Nc1nccc(C(F)(F)F)n1)C1CCCC1. The van der Waals surface area contributed by atoms with Crippen molar-refractivity contribution < 1.29 is 13.2 Å².